The summed E-state index contributed by atoms with van der Waals surface area (Å²) in [5, 5.41) is 9.37. The third-order valence-corrected chi connectivity index (χ3v) is 4.04. The maximum absolute atomic E-state index is 4.38. The number of aryl methyl sites for hydroxylation is 1. The van der Waals surface area contributed by atoms with Gasteiger partial charge in [-0.1, -0.05) is 58.4 Å². The zero-order valence-electron chi connectivity index (χ0n) is 11.8. The average molecular weight is 342 g/mol. The second-order valence-electron chi connectivity index (χ2n) is 4.94. The molecule has 0 radical (unpaired) electrons. The van der Waals surface area contributed by atoms with Gasteiger partial charge in [-0.3, -0.25) is 4.57 Å². The minimum absolute atomic E-state index is 0.683. The zero-order chi connectivity index (χ0) is 14.7. The van der Waals surface area contributed by atoms with E-state index in [-0.39, 0.29) is 0 Å². The molecular formula is C17H16BrN3. The fourth-order valence-electron chi connectivity index (χ4n) is 2.41. The Labute approximate surface area is 132 Å². The second-order valence-corrected chi connectivity index (χ2v) is 5.50. The van der Waals surface area contributed by atoms with E-state index in [1.54, 1.807) is 0 Å². The van der Waals surface area contributed by atoms with Crippen molar-refractivity contribution in [1.82, 2.24) is 14.8 Å². The van der Waals surface area contributed by atoms with E-state index in [2.05, 4.69) is 74.0 Å². The number of rotatable bonds is 4. The Balaban J connectivity index is 2.04. The number of halogens is 1. The summed E-state index contributed by atoms with van der Waals surface area (Å²) in [6.45, 7) is 2.13. The van der Waals surface area contributed by atoms with Gasteiger partial charge in [-0.2, -0.15) is 0 Å². The SMILES string of the molecule is Cc1ccccc1Cc1nnc(CBr)n1-c1ccccc1. The minimum Gasteiger partial charge on any atom is -0.282 e. The lowest BCUT2D eigenvalue weighted by Gasteiger charge is -2.10. The number of nitrogens with zero attached hydrogens (tertiary/aromatic N) is 3. The van der Waals surface area contributed by atoms with Crippen LogP contribution in [0.15, 0.2) is 54.6 Å². The number of aromatic nitrogens is 3. The van der Waals surface area contributed by atoms with Crippen molar-refractivity contribution in [2.45, 2.75) is 18.7 Å². The van der Waals surface area contributed by atoms with E-state index in [0.717, 1.165) is 23.8 Å². The summed E-state index contributed by atoms with van der Waals surface area (Å²) >= 11 is 3.50. The molecule has 1 aromatic heterocycles. The molecule has 3 aromatic rings. The highest BCUT2D eigenvalue weighted by atomic mass is 79.9. The van der Waals surface area contributed by atoms with Crippen LogP contribution in [0.1, 0.15) is 22.8 Å². The Morgan fingerprint density at radius 3 is 2.29 bits per heavy atom. The lowest BCUT2D eigenvalue weighted by atomic mass is 10.1. The molecule has 0 aliphatic heterocycles. The van der Waals surface area contributed by atoms with Crippen molar-refractivity contribution in [2.75, 3.05) is 0 Å². The van der Waals surface area contributed by atoms with Crippen molar-refractivity contribution < 1.29 is 0 Å². The smallest absolute Gasteiger partial charge is 0.148 e. The lowest BCUT2D eigenvalue weighted by Crippen LogP contribution is -2.05. The van der Waals surface area contributed by atoms with Crippen molar-refractivity contribution in [3.05, 3.63) is 77.4 Å². The normalized spacial score (nSPS) is 10.8. The molecule has 106 valence electrons. The molecule has 0 fully saturated rings. The summed E-state index contributed by atoms with van der Waals surface area (Å²) in [7, 11) is 0. The number of hydrogen-bond donors (Lipinski definition) is 0. The van der Waals surface area contributed by atoms with E-state index in [9.17, 15) is 0 Å². The van der Waals surface area contributed by atoms with Gasteiger partial charge in [0.25, 0.3) is 0 Å². The van der Waals surface area contributed by atoms with Crippen molar-refractivity contribution >= 4 is 15.9 Å². The van der Waals surface area contributed by atoms with E-state index in [4.69, 9.17) is 0 Å². The molecule has 0 unspecified atom stereocenters. The Morgan fingerprint density at radius 2 is 1.57 bits per heavy atom. The van der Waals surface area contributed by atoms with Gasteiger partial charge in [0.2, 0.25) is 0 Å². The molecule has 0 atom stereocenters. The van der Waals surface area contributed by atoms with Gasteiger partial charge in [0.15, 0.2) is 0 Å². The van der Waals surface area contributed by atoms with Gasteiger partial charge in [0.05, 0.1) is 5.33 Å². The molecule has 3 rings (SSSR count). The molecular weight excluding hydrogens is 326 g/mol. The first-order valence-corrected chi connectivity index (χ1v) is 8.01. The lowest BCUT2D eigenvalue weighted by molar-refractivity contribution is 0.885. The predicted molar refractivity (Wildman–Crippen MR) is 88.0 cm³/mol. The van der Waals surface area contributed by atoms with Crippen molar-refractivity contribution in [3.63, 3.8) is 0 Å². The Bertz CT molecular complexity index is 735. The van der Waals surface area contributed by atoms with Gasteiger partial charge in [0, 0.05) is 12.1 Å². The van der Waals surface area contributed by atoms with Crippen LogP contribution in [0.25, 0.3) is 5.69 Å². The summed E-state index contributed by atoms with van der Waals surface area (Å²) in [6.07, 6.45) is 0.779. The van der Waals surface area contributed by atoms with Crippen LogP contribution in [-0.4, -0.2) is 14.8 Å². The molecule has 0 aliphatic carbocycles. The van der Waals surface area contributed by atoms with Gasteiger partial charge < -0.3 is 0 Å². The number of benzene rings is 2. The largest absolute Gasteiger partial charge is 0.282 e. The highest BCUT2D eigenvalue weighted by Gasteiger charge is 2.13. The van der Waals surface area contributed by atoms with Gasteiger partial charge in [0.1, 0.15) is 11.6 Å². The van der Waals surface area contributed by atoms with Gasteiger partial charge in [-0.15, -0.1) is 10.2 Å². The fourth-order valence-corrected chi connectivity index (χ4v) is 2.77. The first-order valence-electron chi connectivity index (χ1n) is 6.88. The molecule has 4 heteroatoms. The van der Waals surface area contributed by atoms with Crippen LogP contribution < -0.4 is 0 Å². The monoisotopic (exact) mass is 341 g/mol. The second kappa shape index (κ2) is 6.22. The van der Waals surface area contributed by atoms with Gasteiger partial charge in [-0.25, -0.2) is 0 Å². The summed E-state index contributed by atoms with van der Waals surface area (Å²) in [5.41, 5.74) is 3.66. The van der Waals surface area contributed by atoms with Gasteiger partial charge in [-0.05, 0) is 30.2 Å². The highest BCUT2D eigenvalue weighted by molar-refractivity contribution is 9.08. The van der Waals surface area contributed by atoms with E-state index < -0.39 is 0 Å². The van der Waals surface area contributed by atoms with Gasteiger partial charge >= 0.3 is 0 Å². The Kier molecular flexibility index (Phi) is 4.15. The third-order valence-electron chi connectivity index (χ3n) is 3.54. The Morgan fingerprint density at radius 1 is 0.905 bits per heavy atom. The summed E-state index contributed by atoms with van der Waals surface area (Å²) in [6, 6.07) is 18.6. The van der Waals surface area contributed by atoms with E-state index in [0.29, 0.717) is 5.33 Å². The molecule has 0 saturated heterocycles. The highest BCUT2D eigenvalue weighted by Crippen LogP contribution is 2.19. The minimum atomic E-state index is 0.683. The van der Waals surface area contributed by atoms with Crippen molar-refractivity contribution in [3.8, 4) is 5.69 Å². The van der Waals surface area contributed by atoms with Crippen LogP contribution in [0, 0.1) is 6.92 Å². The molecule has 1 heterocycles. The van der Waals surface area contributed by atoms with E-state index in [1.165, 1.54) is 11.1 Å². The van der Waals surface area contributed by atoms with E-state index >= 15 is 0 Å². The zero-order valence-corrected chi connectivity index (χ0v) is 13.4. The molecule has 0 amide bonds. The van der Waals surface area contributed by atoms with Crippen LogP contribution in [0.2, 0.25) is 0 Å². The Hall–Kier alpha value is -1.94. The molecule has 3 nitrogen and oxygen atoms in total. The van der Waals surface area contributed by atoms with E-state index in [1.807, 2.05) is 18.2 Å². The molecule has 2 aromatic carbocycles. The summed E-state index contributed by atoms with van der Waals surface area (Å²) in [5.74, 6) is 1.88. The van der Waals surface area contributed by atoms with Crippen LogP contribution >= 0.6 is 15.9 Å². The maximum atomic E-state index is 4.38. The standard InChI is InChI=1S/C17H16BrN3/c1-13-7-5-6-8-14(13)11-16-19-20-17(12-18)21(16)15-9-3-2-4-10-15/h2-10H,11-12H2,1H3. The predicted octanol–water partition coefficient (Wildman–Crippen LogP) is 4.06. The number of para-hydroxylation sites is 1. The molecule has 0 spiro atoms. The molecule has 0 bridgehead atoms. The maximum Gasteiger partial charge on any atom is 0.148 e. The molecule has 0 saturated carbocycles. The topological polar surface area (TPSA) is 30.7 Å². The molecule has 0 aliphatic rings. The van der Waals surface area contributed by atoms with Crippen LogP contribution in [-0.2, 0) is 11.8 Å². The van der Waals surface area contributed by atoms with Crippen LogP contribution in [0.3, 0.4) is 0 Å². The first-order chi connectivity index (χ1) is 10.3. The number of hydrogen-bond acceptors (Lipinski definition) is 2. The average Bonchev–Trinajstić information content (AvgIpc) is 2.93. The van der Waals surface area contributed by atoms with Crippen molar-refractivity contribution in [1.29, 1.82) is 0 Å². The number of alkyl halides is 1. The summed E-state index contributed by atoms with van der Waals surface area (Å²) in [4.78, 5) is 0. The van der Waals surface area contributed by atoms with Crippen LogP contribution in [0.4, 0.5) is 0 Å². The van der Waals surface area contributed by atoms with Crippen LogP contribution in [0.5, 0.6) is 0 Å². The fraction of sp³-hybridized carbons (Fsp3) is 0.176. The molecule has 0 N–H and O–H groups in total. The summed E-state index contributed by atoms with van der Waals surface area (Å²) < 4.78 is 2.13. The first kappa shape index (κ1) is 14.0. The third kappa shape index (κ3) is 2.90. The molecule has 21 heavy (non-hydrogen) atoms. The van der Waals surface area contributed by atoms with Crippen molar-refractivity contribution in [2.24, 2.45) is 0 Å². The quantitative estimate of drug-likeness (QED) is 0.670.